The van der Waals surface area contributed by atoms with E-state index in [1.165, 1.54) is 218 Å². The Morgan fingerprint density at radius 3 is 0.750 bits per heavy atom. The minimum absolute atomic E-state index is 0.0776. The molecule has 0 aromatic carbocycles. The Bertz CT molecular complexity index is 1360. The van der Waals surface area contributed by atoms with Crippen molar-refractivity contribution in [1.29, 1.82) is 0 Å². The first kappa shape index (κ1) is 73.1. The maximum absolute atomic E-state index is 12.9. The second-order valence-corrected chi connectivity index (χ2v) is 22.4. The second kappa shape index (κ2) is 64.6. The van der Waals surface area contributed by atoms with Crippen molar-refractivity contribution in [2.24, 2.45) is 0 Å². The number of hydrogen-bond acceptors (Lipinski definition) is 6. The zero-order chi connectivity index (χ0) is 55.0. The molecule has 0 fully saturated rings. The smallest absolute Gasteiger partial charge is 0.306 e. The number of hydrogen-bond donors (Lipinski definition) is 0. The molecular formula is C70H126O6. The fourth-order valence-electron chi connectivity index (χ4n) is 9.72. The number of allylic oxidation sites excluding steroid dienone is 10. The van der Waals surface area contributed by atoms with E-state index in [2.05, 4.69) is 81.5 Å². The molecular weight excluding hydrogens is 937 g/mol. The van der Waals surface area contributed by atoms with Gasteiger partial charge in [-0.1, -0.05) is 300 Å². The van der Waals surface area contributed by atoms with Crippen molar-refractivity contribution in [1.82, 2.24) is 0 Å². The summed E-state index contributed by atoms with van der Waals surface area (Å²) < 4.78 is 17.0. The van der Waals surface area contributed by atoms with Crippen LogP contribution in [0.3, 0.4) is 0 Å². The van der Waals surface area contributed by atoms with Crippen molar-refractivity contribution in [2.75, 3.05) is 13.2 Å². The predicted molar refractivity (Wildman–Crippen MR) is 330 cm³/mol. The number of unbranched alkanes of at least 4 members (excludes halogenated alkanes) is 40. The van der Waals surface area contributed by atoms with Gasteiger partial charge in [0.1, 0.15) is 13.2 Å². The summed E-state index contributed by atoms with van der Waals surface area (Å²) in [5, 5.41) is 0. The lowest BCUT2D eigenvalue weighted by Gasteiger charge is -2.18. The lowest BCUT2D eigenvalue weighted by atomic mass is 10.0. The molecule has 0 saturated carbocycles. The van der Waals surface area contributed by atoms with E-state index in [1.807, 2.05) is 0 Å². The van der Waals surface area contributed by atoms with E-state index in [0.717, 1.165) is 89.9 Å². The molecule has 0 bridgehead atoms. The Kier molecular flexibility index (Phi) is 62.2. The van der Waals surface area contributed by atoms with E-state index in [1.54, 1.807) is 0 Å². The van der Waals surface area contributed by atoms with Gasteiger partial charge in [0.25, 0.3) is 0 Å². The van der Waals surface area contributed by atoms with Crippen LogP contribution in [0.5, 0.6) is 0 Å². The normalized spacial score (nSPS) is 12.4. The van der Waals surface area contributed by atoms with Crippen LogP contribution in [0.1, 0.15) is 348 Å². The van der Waals surface area contributed by atoms with E-state index >= 15 is 0 Å². The molecule has 0 aromatic rings. The average Bonchev–Trinajstić information content (AvgIpc) is 3.42. The van der Waals surface area contributed by atoms with Crippen molar-refractivity contribution in [3.63, 3.8) is 0 Å². The maximum Gasteiger partial charge on any atom is 0.306 e. The first-order valence-electron chi connectivity index (χ1n) is 33.3. The van der Waals surface area contributed by atoms with Crippen LogP contribution in [-0.4, -0.2) is 37.2 Å². The number of carbonyl (C=O) groups is 3. The van der Waals surface area contributed by atoms with E-state index in [0.29, 0.717) is 19.3 Å². The van der Waals surface area contributed by atoms with Gasteiger partial charge in [-0.15, -0.1) is 0 Å². The third kappa shape index (κ3) is 62.0. The molecule has 0 aliphatic rings. The van der Waals surface area contributed by atoms with Gasteiger partial charge >= 0.3 is 17.9 Å². The third-order valence-corrected chi connectivity index (χ3v) is 14.7. The second-order valence-electron chi connectivity index (χ2n) is 22.4. The highest BCUT2D eigenvalue weighted by Crippen LogP contribution is 2.17. The van der Waals surface area contributed by atoms with Gasteiger partial charge in [-0.25, -0.2) is 0 Å². The van der Waals surface area contributed by atoms with Gasteiger partial charge in [0.2, 0.25) is 0 Å². The van der Waals surface area contributed by atoms with Gasteiger partial charge < -0.3 is 14.2 Å². The Balaban J connectivity index is 4.33. The van der Waals surface area contributed by atoms with Gasteiger partial charge in [-0.05, 0) is 89.9 Å². The molecule has 0 aliphatic heterocycles. The quantitative estimate of drug-likeness (QED) is 0.0261. The standard InChI is InChI=1S/C70H126O6/c1-4-7-10-13-16-19-22-25-28-31-32-33-34-35-36-37-38-40-42-45-48-51-54-57-60-63-69(72)75-66-67(65-74-68(71)62-59-56-53-50-47-44-41-30-27-24-21-18-15-12-9-6-3)76-70(73)64-61-58-55-52-49-46-43-39-29-26-23-20-17-14-11-8-5-2/h21-22,24-25,30-32,34-35,41,67H,4-20,23,26-29,33,36-40,42-66H2,1-3H3/b24-21-,25-22-,32-31-,35-34-,41-30-. The molecule has 6 nitrogen and oxygen atoms in total. The van der Waals surface area contributed by atoms with Crippen LogP contribution in [0.25, 0.3) is 0 Å². The Morgan fingerprint density at radius 2 is 0.474 bits per heavy atom. The lowest BCUT2D eigenvalue weighted by molar-refractivity contribution is -0.167. The molecule has 0 heterocycles. The first-order valence-corrected chi connectivity index (χ1v) is 33.3. The van der Waals surface area contributed by atoms with Crippen LogP contribution in [0.4, 0.5) is 0 Å². The summed E-state index contributed by atoms with van der Waals surface area (Å²) in [6.45, 7) is 6.65. The van der Waals surface area contributed by atoms with Crippen LogP contribution in [0.2, 0.25) is 0 Å². The highest BCUT2D eigenvalue weighted by molar-refractivity contribution is 5.71. The van der Waals surface area contributed by atoms with Gasteiger partial charge in [0.15, 0.2) is 6.10 Å². The minimum atomic E-state index is -0.781. The van der Waals surface area contributed by atoms with Crippen LogP contribution < -0.4 is 0 Å². The van der Waals surface area contributed by atoms with Crippen LogP contribution in [-0.2, 0) is 28.6 Å². The van der Waals surface area contributed by atoms with Gasteiger partial charge in [-0.3, -0.25) is 14.4 Å². The largest absolute Gasteiger partial charge is 0.462 e. The summed E-state index contributed by atoms with van der Waals surface area (Å²) in [7, 11) is 0. The van der Waals surface area contributed by atoms with Crippen molar-refractivity contribution >= 4 is 17.9 Å². The molecule has 6 heteroatoms. The highest BCUT2D eigenvalue weighted by Gasteiger charge is 2.19. The van der Waals surface area contributed by atoms with Gasteiger partial charge in [-0.2, -0.15) is 0 Å². The van der Waals surface area contributed by atoms with Crippen molar-refractivity contribution in [3.05, 3.63) is 60.8 Å². The minimum Gasteiger partial charge on any atom is -0.462 e. The summed E-state index contributed by atoms with van der Waals surface area (Å²) in [5.74, 6) is -0.874. The SMILES string of the molecule is CCCCCC/C=C\C/C=C\CCCCCCCC(=O)OCC(COC(=O)CCCCCCCCCCCC/C=C\C/C=C\C/C=C\CCCCCCC)OC(=O)CCCCCCCCCCCCCCCCCCC. The lowest BCUT2D eigenvalue weighted by Crippen LogP contribution is -2.30. The molecule has 442 valence electrons. The average molecular weight is 1060 g/mol. The molecule has 1 unspecified atom stereocenters. The molecule has 76 heavy (non-hydrogen) atoms. The van der Waals surface area contributed by atoms with E-state index in [4.69, 9.17) is 14.2 Å². The summed E-state index contributed by atoms with van der Waals surface area (Å²) in [6.07, 6.45) is 82.2. The molecule has 0 radical (unpaired) electrons. The number of carbonyl (C=O) groups excluding carboxylic acids is 3. The van der Waals surface area contributed by atoms with Crippen molar-refractivity contribution < 1.29 is 28.6 Å². The van der Waals surface area contributed by atoms with E-state index in [9.17, 15) is 14.4 Å². The molecule has 0 amide bonds. The van der Waals surface area contributed by atoms with E-state index < -0.39 is 6.10 Å². The highest BCUT2D eigenvalue weighted by atomic mass is 16.6. The molecule has 1 atom stereocenters. The first-order chi connectivity index (χ1) is 37.5. The third-order valence-electron chi connectivity index (χ3n) is 14.7. The summed E-state index contributed by atoms with van der Waals surface area (Å²) in [5.41, 5.74) is 0. The Morgan fingerprint density at radius 1 is 0.263 bits per heavy atom. The monoisotopic (exact) mass is 1060 g/mol. The van der Waals surface area contributed by atoms with Crippen LogP contribution in [0, 0.1) is 0 Å². The summed E-state index contributed by atoms with van der Waals surface area (Å²) in [6, 6.07) is 0. The molecule has 0 aromatic heterocycles. The predicted octanol–water partition coefficient (Wildman–Crippen LogP) is 22.7. The molecule has 0 spiro atoms. The van der Waals surface area contributed by atoms with E-state index in [-0.39, 0.29) is 31.1 Å². The zero-order valence-corrected chi connectivity index (χ0v) is 50.8. The molecule has 0 N–H and O–H groups in total. The molecule has 0 saturated heterocycles. The van der Waals surface area contributed by atoms with Crippen molar-refractivity contribution in [3.8, 4) is 0 Å². The number of ether oxygens (including phenoxy) is 3. The Labute approximate surface area is 472 Å². The van der Waals surface area contributed by atoms with Gasteiger partial charge in [0.05, 0.1) is 0 Å². The van der Waals surface area contributed by atoms with Gasteiger partial charge in [0, 0.05) is 19.3 Å². The molecule has 0 rings (SSSR count). The van der Waals surface area contributed by atoms with Crippen LogP contribution in [0.15, 0.2) is 60.8 Å². The zero-order valence-electron chi connectivity index (χ0n) is 50.8. The fourth-order valence-corrected chi connectivity index (χ4v) is 9.72. The molecule has 0 aliphatic carbocycles. The van der Waals surface area contributed by atoms with Crippen molar-refractivity contribution in [2.45, 2.75) is 354 Å². The maximum atomic E-state index is 12.9. The number of rotatable bonds is 61. The topological polar surface area (TPSA) is 78.9 Å². The number of esters is 3. The van der Waals surface area contributed by atoms with Crippen LogP contribution >= 0.6 is 0 Å². The summed E-state index contributed by atoms with van der Waals surface area (Å²) in [4.78, 5) is 38.4. The fraction of sp³-hybridized carbons (Fsp3) is 0.814. The summed E-state index contributed by atoms with van der Waals surface area (Å²) >= 11 is 0. The Hall–Kier alpha value is -2.89.